The van der Waals surface area contributed by atoms with E-state index in [0.29, 0.717) is 21.9 Å². The highest BCUT2D eigenvalue weighted by Crippen LogP contribution is 2.22. The van der Waals surface area contributed by atoms with Gasteiger partial charge in [0.25, 0.3) is 5.56 Å². The Morgan fingerprint density at radius 2 is 1.91 bits per heavy atom. The molecule has 33 heavy (non-hydrogen) atoms. The molecule has 0 aliphatic rings. The molecule has 0 fully saturated rings. The van der Waals surface area contributed by atoms with Crippen LogP contribution in [-0.2, 0) is 11.2 Å². The Labute approximate surface area is 195 Å². The molecule has 1 atom stereocenters. The van der Waals surface area contributed by atoms with Crippen LogP contribution in [0.25, 0.3) is 16.7 Å². The maximum atomic E-state index is 13.4. The molecule has 0 aliphatic heterocycles. The molecule has 170 valence electrons. The number of aromatic amines is 1. The summed E-state index contributed by atoms with van der Waals surface area (Å²) in [5, 5.41) is 3.39. The highest BCUT2D eigenvalue weighted by Gasteiger charge is 2.17. The number of benzene rings is 2. The largest absolute Gasteiger partial charge is 0.353 e. The number of hydrogen-bond acceptors (Lipinski definition) is 4. The third kappa shape index (κ3) is 5.51. The topological polar surface area (TPSA) is 79.8 Å². The fourth-order valence-corrected chi connectivity index (χ4v) is 4.46. The van der Waals surface area contributed by atoms with Crippen LogP contribution in [0.2, 0.25) is 0 Å². The van der Waals surface area contributed by atoms with Crippen molar-refractivity contribution in [1.29, 1.82) is 0 Å². The van der Waals surface area contributed by atoms with Crippen molar-refractivity contribution >= 4 is 28.7 Å². The third-order valence-corrected chi connectivity index (χ3v) is 6.23. The summed E-state index contributed by atoms with van der Waals surface area (Å²) >= 11 is 1.18. The normalized spacial score (nSPS) is 12.1. The second-order valence-electron chi connectivity index (χ2n) is 8.01. The summed E-state index contributed by atoms with van der Waals surface area (Å²) < 4.78 is 14.9. The second kappa shape index (κ2) is 10.0. The SMILES string of the molecule is Cc1cc2nc(SCC(=O)N[C@H](C)CCc3ccccc3)n(-c3ccc(F)cc3)c(=O)c2[nH]1. The quantitative estimate of drug-likeness (QED) is 0.299. The van der Waals surface area contributed by atoms with Crippen molar-refractivity contribution in [2.45, 2.75) is 37.9 Å². The average molecular weight is 465 g/mol. The van der Waals surface area contributed by atoms with Crippen molar-refractivity contribution in [3.63, 3.8) is 0 Å². The van der Waals surface area contributed by atoms with Crippen LogP contribution in [0.3, 0.4) is 0 Å². The average Bonchev–Trinajstić information content (AvgIpc) is 3.18. The lowest BCUT2D eigenvalue weighted by Gasteiger charge is -2.15. The number of amides is 1. The van der Waals surface area contributed by atoms with Gasteiger partial charge in [0.2, 0.25) is 5.91 Å². The van der Waals surface area contributed by atoms with E-state index in [1.54, 1.807) is 6.07 Å². The maximum absolute atomic E-state index is 13.4. The predicted octanol–water partition coefficient (Wildman–Crippen LogP) is 4.39. The lowest BCUT2D eigenvalue weighted by Crippen LogP contribution is -2.34. The van der Waals surface area contributed by atoms with E-state index >= 15 is 0 Å². The minimum atomic E-state index is -0.394. The molecule has 0 aliphatic carbocycles. The minimum Gasteiger partial charge on any atom is -0.353 e. The van der Waals surface area contributed by atoms with E-state index in [2.05, 4.69) is 27.4 Å². The first kappa shape index (κ1) is 22.8. The molecular formula is C25H25FN4O2S. The Hall–Kier alpha value is -3.39. The number of aryl methyl sites for hydroxylation is 2. The third-order valence-electron chi connectivity index (χ3n) is 5.29. The van der Waals surface area contributed by atoms with Crippen LogP contribution in [0.15, 0.2) is 70.6 Å². The smallest absolute Gasteiger partial charge is 0.283 e. The molecule has 2 aromatic carbocycles. The first-order chi connectivity index (χ1) is 15.9. The molecule has 0 saturated carbocycles. The highest BCUT2D eigenvalue weighted by atomic mass is 32.2. The molecule has 6 nitrogen and oxygen atoms in total. The number of aromatic nitrogens is 3. The fraction of sp³-hybridized carbons (Fsp3) is 0.240. The number of H-pyrrole nitrogens is 1. The molecule has 1 amide bonds. The lowest BCUT2D eigenvalue weighted by atomic mass is 10.1. The van der Waals surface area contributed by atoms with E-state index in [4.69, 9.17) is 0 Å². The number of halogens is 1. The molecule has 0 radical (unpaired) electrons. The Kier molecular flexibility index (Phi) is 6.93. The Bertz CT molecular complexity index is 1320. The van der Waals surface area contributed by atoms with E-state index < -0.39 is 5.82 Å². The summed E-state index contributed by atoms with van der Waals surface area (Å²) in [5.74, 6) is -0.418. The second-order valence-corrected chi connectivity index (χ2v) is 8.95. The molecule has 4 aromatic rings. The van der Waals surface area contributed by atoms with Crippen molar-refractivity contribution in [3.8, 4) is 5.69 Å². The minimum absolute atomic E-state index is 0.0142. The molecule has 4 rings (SSSR count). The summed E-state index contributed by atoms with van der Waals surface area (Å²) in [6.07, 6.45) is 1.71. The predicted molar refractivity (Wildman–Crippen MR) is 129 cm³/mol. The number of fused-ring (bicyclic) bond motifs is 1. The molecule has 0 bridgehead atoms. The molecule has 2 heterocycles. The zero-order chi connectivity index (χ0) is 23.4. The number of thioether (sulfide) groups is 1. The zero-order valence-corrected chi connectivity index (χ0v) is 19.3. The Balaban J connectivity index is 1.49. The van der Waals surface area contributed by atoms with E-state index in [9.17, 15) is 14.0 Å². The highest BCUT2D eigenvalue weighted by molar-refractivity contribution is 7.99. The first-order valence-corrected chi connectivity index (χ1v) is 11.7. The van der Waals surface area contributed by atoms with Crippen molar-refractivity contribution in [2.24, 2.45) is 0 Å². The van der Waals surface area contributed by atoms with Gasteiger partial charge >= 0.3 is 0 Å². The molecule has 0 spiro atoms. The van der Waals surface area contributed by atoms with E-state index in [-0.39, 0.29) is 23.3 Å². The number of rotatable bonds is 8. The van der Waals surface area contributed by atoms with Crippen LogP contribution < -0.4 is 10.9 Å². The molecule has 0 saturated heterocycles. The fourth-order valence-electron chi connectivity index (χ4n) is 3.64. The molecule has 2 N–H and O–H groups in total. The molecule has 8 heteroatoms. The van der Waals surface area contributed by atoms with E-state index in [1.165, 1.54) is 46.2 Å². The lowest BCUT2D eigenvalue weighted by molar-refractivity contribution is -0.119. The van der Waals surface area contributed by atoms with Crippen molar-refractivity contribution in [2.75, 3.05) is 5.75 Å². The molecular weight excluding hydrogens is 439 g/mol. The summed E-state index contributed by atoms with van der Waals surface area (Å²) in [4.78, 5) is 33.4. The van der Waals surface area contributed by atoms with Crippen LogP contribution in [0.1, 0.15) is 24.6 Å². The zero-order valence-electron chi connectivity index (χ0n) is 18.5. The first-order valence-electron chi connectivity index (χ1n) is 10.7. The van der Waals surface area contributed by atoms with Gasteiger partial charge in [0.1, 0.15) is 11.3 Å². The summed E-state index contributed by atoms with van der Waals surface area (Å²) in [6.45, 7) is 3.83. The standard InChI is InChI=1S/C25H25FN4O2S/c1-16(8-9-18-6-4-3-5-7-18)27-22(31)15-33-25-29-21-14-17(2)28-23(21)24(32)30(25)20-12-10-19(26)11-13-20/h3-7,10-14,16,28H,8-9,15H2,1-2H3,(H,27,31)/t16-/m1/s1. The van der Waals surface area contributed by atoms with Crippen molar-refractivity contribution < 1.29 is 9.18 Å². The Morgan fingerprint density at radius 3 is 2.64 bits per heavy atom. The van der Waals surface area contributed by atoms with Gasteiger partial charge < -0.3 is 10.3 Å². The van der Waals surface area contributed by atoms with Crippen molar-refractivity contribution in [1.82, 2.24) is 19.9 Å². The van der Waals surface area contributed by atoms with Crippen LogP contribution in [0, 0.1) is 12.7 Å². The van der Waals surface area contributed by atoms with Gasteiger partial charge in [0.15, 0.2) is 5.16 Å². The van der Waals surface area contributed by atoms with Crippen LogP contribution in [0.5, 0.6) is 0 Å². The van der Waals surface area contributed by atoms with Crippen molar-refractivity contribution in [3.05, 3.63) is 88.1 Å². The molecule has 0 unspecified atom stereocenters. The maximum Gasteiger partial charge on any atom is 0.283 e. The van der Waals surface area contributed by atoms with E-state index in [1.807, 2.05) is 32.0 Å². The monoisotopic (exact) mass is 464 g/mol. The number of carbonyl (C=O) groups excluding carboxylic acids is 1. The summed E-state index contributed by atoms with van der Waals surface area (Å²) in [6, 6.07) is 17.6. The van der Waals surface area contributed by atoms with Gasteiger partial charge in [0, 0.05) is 11.7 Å². The van der Waals surface area contributed by atoms with Gasteiger partial charge in [0.05, 0.1) is 17.0 Å². The van der Waals surface area contributed by atoms with Gasteiger partial charge in [-0.2, -0.15) is 0 Å². The summed E-state index contributed by atoms with van der Waals surface area (Å²) in [5.41, 5.74) is 3.15. The number of hydrogen-bond donors (Lipinski definition) is 2. The van der Waals surface area contributed by atoms with Crippen LogP contribution in [0.4, 0.5) is 4.39 Å². The number of carbonyl (C=O) groups is 1. The summed E-state index contributed by atoms with van der Waals surface area (Å²) in [7, 11) is 0. The van der Waals surface area contributed by atoms with Gasteiger partial charge in [-0.05, 0) is 62.6 Å². The van der Waals surface area contributed by atoms with Crippen LogP contribution >= 0.6 is 11.8 Å². The van der Waals surface area contributed by atoms with Gasteiger partial charge in [-0.1, -0.05) is 42.1 Å². The van der Waals surface area contributed by atoms with E-state index in [0.717, 1.165) is 18.5 Å². The van der Waals surface area contributed by atoms with Gasteiger partial charge in [-0.3, -0.25) is 14.2 Å². The van der Waals surface area contributed by atoms with Crippen LogP contribution in [-0.4, -0.2) is 32.2 Å². The van der Waals surface area contributed by atoms with Gasteiger partial charge in [-0.25, -0.2) is 9.37 Å². The molecule has 2 aromatic heterocycles. The van der Waals surface area contributed by atoms with Gasteiger partial charge in [-0.15, -0.1) is 0 Å². The Morgan fingerprint density at radius 1 is 1.18 bits per heavy atom. The number of nitrogens with one attached hydrogen (secondary N) is 2. The number of nitrogens with zero attached hydrogens (tertiary/aromatic N) is 2.